The van der Waals surface area contributed by atoms with Crippen LogP contribution in [0.3, 0.4) is 0 Å². The molecule has 0 saturated carbocycles. The average Bonchev–Trinajstić information content (AvgIpc) is 3.20. The minimum Gasteiger partial charge on any atom is -0.491 e. The summed E-state index contributed by atoms with van der Waals surface area (Å²) in [5, 5.41) is 13.3. The number of hydrogen-bond acceptors (Lipinski definition) is 7. The predicted molar refractivity (Wildman–Crippen MR) is 130 cm³/mol. The molecule has 186 valence electrons. The summed E-state index contributed by atoms with van der Waals surface area (Å²) >= 11 is 0. The maximum absolute atomic E-state index is 12.0. The van der Waals surface area contributed by atoms with E-state index in [1.165, 1.54) is 7.11 Å². The van der Waals surface area contributed by atoms with Gasteiger partial charge in [0.15, 0.2) is 0 Å². The number of amidine groups is 1. The summed E-state index contributed by atoms with van der Waals surface area (Å²) in [4.78, 5) is 35.2. The first-order valence-corrected chi connectivity index (χ1v) is 11.5. The van der Waals surface area contributed by atoms with E-state index < -0.39 is 12.1 Å². The fourth-order valence-electron chi connectivity index (χ4n) is 3.62. The van der Waals surface area contributed by atoms with Gasteiger partial charge < -0.3 is 19.5 Å². The molecule has 1 aliphatic rings. The molecule has 9 nitrogen and oxygen atoms in total. The first-order chi connectivity index (χ1) is 16.7. The number of ether oxygens (including phenoxy) is 3. The van der Waals surface area contributed by atoms with Crippen molar-refractivity contribution in [2.75, 3.05) is 20.3 Å². The molecule has 1 fully saturated rings. The topological polar surface area (TPSA) is 127 Å². The van der Waals surface area contributed by atoms with Crippen LogP contribution in [-0.4, -0.2) is 50.2 Å². The normalized spacial score (nSPS) is 17.0. The van der Waals surface area contributed by atoms with Crippen molar-refractivity contribution < 1.29 is 28.6 Å². The zero-order chi connectivity index (χ0) is 25.4. The van der Waals surface area contributed by atoms with Crippen LogP contribution in [0.25, 0.3) is 11.1 Å². The lowest BCUT2D eigenvalue weighted by Gasteiger charge is -2.13. The smallest absolute Gasteiger partial charge is 0.412 e. The summed E-state index contributed by atoms with van der Waals surface area (Å²) in [6.45, 7) is 4.48. The van der Waals surface area contributed by atoms with Gasteiger partial charge in [0.1, 0.15) is 18.2 Å². The summed E-state index contributed by atoms with van der Waals surface area (Å²) in [5.74, 6) is -0.0707. The van der Waals surface area contributed by atoms with Gasteiger partial charge in [-0.15, -0.1) is 0 Å². The second-order valence-electron chi connectivity index (χ2n) is 8.82. The number of nitrogens with one attached hydrogen (secondary N) is 3. The van der Waals surface area contributed by atoms with E-state index in [2.05, 4.69) is 15.4 Å². The Morgan fingerprint density at radius 2 is 1.71 bits per heavy atom. The van der Waals surface area contributed by atoms with E-state index in [0.717, 1.165) is 11.1 Å². The predicted octanol–water partition coefficient (Wildman–Crippen LogP) is 3.51. The second-order valence-corrected chi connectivity index (χ2v) is 8.82. The number of methoxy groups -OCH3 is 1. The highest BCUT2D eigenvalue weighted by molar-refractivity contribution is 6.04. The molecule has 1 aliphatic heterocycles. The van der Waals surface area contributed by atoms with Crippen molar-refractivity contribution in [1.29, 1.82) is 5.41 Å². The molecule has 2 aromatic rings. The quantitative estimate of drug-likeness (QED) is 0.286. The summed E-state index contributed by atoms with van der Waals surface area (Å²) in [6, 6.07) is 14.6. The molecule has 2 amide bonds. The van der Waals surface area contributed by atoms with E-state index >= 15 is 0 Å². The van der Waals surface area contributed by atoms with Gasteiger partial charge in [-0.25, -0.2) is 4.79 Å². The first kappa shape index (κ1) is 25.7. The van der Waals surface area contributed by atoms with Crippen molar-refractivity contribution in [3.63, 3.8) is 0 Å². The molecule has 0 spiro atoms. The molecule has 0 unspecified atom stereocenters. The molecule has 0 aliphatic carbocycles. The lowest BCUT2D eigenvalue weighted by atomic mass is 10.0. The monoisotopic (exact) mass is 481 g/mol. The third kappa shape index (κ3) is 7.56. The molecule has 3 N–H and O–H groups in total. The van der Waals surface area contributed by atoms with Crippen LogP contribution < -0.4 is 15.4 Å². The van der Waals surface area contributed by atoms with Gasteiger partial charge in [0.05, 0.1) is 32.1 Å². The van der Waals surface area contributed by atoms with Crippen LogP contribution in [0.15, 0.2) is 48.5 Å². The highest BCUT2D eigenvalue weighted by atomic mass is 16.5. The summed E-state index contributed by atoms with van der Waals surface area (Å²) in [7, 11) is 1.31. The van der Waals surface area contributed by atoms with E-state index in [1.54, 1.807) is 12.1 Å². The summed E-state index contributed by atoms with van der Waals surface area (Å²) in [6.07, 6.45) is -0.0404. The lowest BCUT2D eigenvalue weighted by Crippen LogP contribution is -2.31. The fourth-order valence-corrected chi connectivity index (χ4v) is 3.62. The van der Waals surface area contributed by atoms with Crippen LogP contribution in [0.4, 0.5) is 4.79 Å². The van der Waals surface area contributed by atoms with E-state index in [1.807, 2.05) is 50.2 Å². The minimum absolute atomic E-state index is 0.0260. The number of hydrogen-bond donors (Lipinski definition) is 3. The number of rotatable bonds is 9. The van der Waals surface area contributed by atoms with E-state index in [0.29, 0.717) is 30.9 Å². The van der Waals surface area contributed by atoms with E-state index in [-0.39, 0.29) is 36.0 Å². The number of carbonyl (C=O) groups is 3. The number of carbonyl (C=O) groups excluding carboxylic acids is 3. The number of esters is 1. The molecule has 1 saturated heterocycles. The summed E-state index contributed by atoms with van der Waals surface area (Å²) < 4.78 is 15.5. The van der Waals surface area contributed by atoms with Crippen LogP contribution in [0, 0.1) is 17.2 Å². The Hall–Kier alpha value is -3.88. The molecular weight excluding hydrogens is 450 g/mol. The number of amides is 2. The van der Waals surface area contributed by atoms with Gasteiger partial charge in [-0.3, -0.25) is 20.3 Å². The Morgan fingerprint density at radius 3 is 2.31 bits per heavy atom. The molecule has 2 atom stereocenters. The third-order valence-electron chi connectivity index (χ3n) is 5.51. The Bertz CT molecular complexity index is 1050. The van der Waals surface area contributed by atoms with Crippen molar-refractivity contribution in [3.05, 3.63) is 54.1 Å². The van der Waals surface area contributed by atoms with Crippen LogP contribution in [0.1, 0.15) is 32.3 Å². The average molecular weight is 482 g/mol. The van der Waals surface area contributed by atoms with Crippen molar-refractivity contribution in [1.82, 2.24) is 10.6 Å². The zero-order valence-corrected chi connectivity index (χ0v) is 20.1. The largest absolute Gasteiger partial charge is 0.491 e. The van der Waals surface area contributed by atoms with Crippen LogP contribution in [0.5, 0.6) is 5.75 Å². The number of alkyl carbamates (subject to hydrolysis) is 1. The molecule has 35 heavy (non-hydrogen) atoms. The number of benzene rings is 2. The fraction of sp³-hybridized carbons (Fsp3) is 0.385. The zero-order valence-electron chi connectivity index (χ0n) is 20.1. The van der Waals surface area contributed by atoms with E-state index in [4.69, 9.17) is 14.9 Å². The van der Waals surface area contributed by atoms with Crippen LogP contribution >= 0.6 is 0 Å². The molecule has 3 rings (SSSR count). The van der Waals surface area contributed by atoms with Crippen molar-refractivity contribution in [2.45, 2.75) is 32.7 Å². The van der Waals surface area contributed by atoms with Gasteiger partial charge in [-0.2, -0.15) is 0 Å². The maximum atomic E-state index is 12.0. The molecular formula is C26H31N3O6. The van der Waals surface area contributed by atoms with Crippen molar-refractivity contribution >= 4 is 23.8 Å². The summed E-state index contributed by atoms with van der Waals surface area (Å²) in [5.41, 5.74) is 2.48. The van der Waals surface area contributed by atoms with Gasteiger partial charge in [-0.1, -0.05) is 50.2 Å². The molecule has 0 radical (unpaired) electrons. The molecule has 0 aromatic heterocycles. The highest BCUT2D eigenvalue weighted by Crippen LogP contribution is 2.24. The van der Waals surface area contributed by atoms with Gasteiger partial charge in [0.2, 0.25) is 5.91 Å². The SMILES string of the molecule is COC(=O)C[C@@H]1C[C@@H](COc2ccc(-c3ccc(C(=N)NC(=O)OCC(C)C)cc3)cc2)NC1=O. The van der Waals surface area contributed by atoms with Crippen molar-refractivity contribution in [3.8, 4) is 16.9 Å². The van der Waals surface area contributed by atoms with Gasteiger partial charge in [-0.05, 0) is 35.6 Å². The maximum Gasteiger partial charge on any atom is 0.412 e. The highest BCUT2D eigenvalue weighted by Gasteiger charge is 2.34. The standard InChI is InChI=1S/C26H31N3O6/c1-16(2)14-35-26(32)29-24(27)19-6-4-17(5-7-19)18-8-10-22(11-9-18)34-15-21-12-20(25(31)28-21)13-23(30)33-3/h4-11,16,20-21H,12-15H2,1-3H3,(H,28,31)(H2,27,29,32)/t20-,21-/m0/s1. The second kappa shape index (κ2) is 12.0. The Labute approximate surface area is 204 Å². The Kier molecular flexibility index (Phi) is 8.83. The Balaban J connectivity index is 1.50. The first-order valence-electron chi connectivity index (χ1n) is 11.5. The van der Waals surface area contributed by atoms with E-state index in [9.17, 15) is 14.4 Å². The van der Waals surface area contributed by atoms with Gasteiger partial charge in [0.25, 0.3) is 0 Å². The lowest BCUT2D eigenvalue weighted by molar-refractivity contribution is -0.143. The third-order valence-corrected chi connectivity index (χ3v) is 5.51. The molecule has 9 heteroatoms. The molecule has 0 bridgehead atoms. The van der Waals surface area contributed by atoms with Crippen molar-refractivity contribution in [2.24, 2.45) is 11.8 Å². The minimum atomic E-state index is -0.639. The van der Waals surface area contributed by atoms with Crippen LogP contribution in [0.2, 0.25) is 0 Å². The van der Waals surface area contributed by atoms with Crippen LogP contribution in [-0.2, 0) is 19.1 Å². The molecule has 2 aromatic carbocycles. The van der Waals surface area contributed by atoms with Gasteiger partial charge in [0, 0.05) is 5.56 Å². The van der Waals surface area contributed by atoms with Gasteiger partial charge >= 0.3 is 12.1 Å². The molecule has 1 heterocycles. The Morgan fingerprint density at radius 1 is 1.09 bits per heavy atom.